The van der Waals surface area contributed by atoms with Gasteiger partial charge in [-0.25, -0.2) is 10.1 Å². The summed E-state index contributed by atoms with van der Waals surface area (Å²) in [5.41, 5.74) is 0.601. The number of nitrogens with zero attached hydrogens (tertiary/aromatic N) is 3. The Morgan fingerprint density at radius 2 is 2.24 bits per heavy atom. The third kappa shape index (κ3) is 2.46. The maximum atomic E-state index is 11.8. The molecule has 6 heteroatoms. The minimum absolute atomic E-state index is 0.163. The van der Waals surface area contributed by atoms with Crippen LogP contribution in [0.1, 0.15) is 26.5 Å². The Morgan fingerprint density at radius 3 is 2.88 bits per heavy atom. The van der Waals surface area contributed by atoms with E-state index in [0.29, 0.717) is 24.3 Å². The predicted octanol–water partition coefficient (Wildman–Crippen LogP) is 1.01. The van der Waals surface area contributed by atoms with E-state index in [-0.39, 0.29) is 5.56 Å². The van der Waals surface area contributed by atoms with Crippen LogP contribution in [0.5, 0.6) is 6.01 Å². The summed E-state index contributed by atoms with van der Waals surface area (Å²) < 4.78 is 6.49. The molecule has 0 aliphatic carbocycles. The molecule has 0 unspecified atom stereocenters. The van der Waals surface area contributed by atoms with Crippen molar-refractivity contribution in [2.75, 3.05) is 6.61 Å². The molecule has 2 aromatic rings. The van der Waals surface area contributed by atoms with E-state index in [9.17, 15) is 4.79 Å². The van der Waals surface area contributed by atoms with Crippen molar-refractivity contribution >= 4 is 5.78 Å². The lowest BCUT2D eigenvalue weighted by molar-refractivity contribution is 0.313. The number of nitrogens with one attached hydrogen (secondary N) is 1. The average Bonchev–Trinajstić information content (AvgIpc) is 2.60. The molecule has 6 nitrogen and oxygen atoms in total. The van der Waals surface area contributed by atoms with E-state index >= 15 is 0 Å². The van der Waals surface area contributed by atoms with Gasteiger partial charge in [0.25, 0.3) is 11.3 Å². The second kappa shape index (κ2) is 4.57. The van der Waals surface area contributed by atoms with E-state index < -0.39 is 0 Å². The fourth-order valence-corrected chi connectivity index (χ4v) is 1.63. The molecule has 0 fully saturated rings. The van der Waals surface area contributed by atoms with Gasteiger partial charge in [0.05, 0.1) is 12.3 Å². The normalized spacial score (nSPS) is 11.3. The van der Waals surface area contributed by atoms with E-state index in [4.69, 9.17) is 4.74 Å². The minimum atomic E-state index is -0.163. The standard InChI is InChI=1S/C11H16N4O2/c1-4-17-11-13-10-12-8(5-7(2)3)6-9(16)15(10)14-11/h6-7H,4-5H2,1-3H3,(H,12,13,14). The summed E-state index contributed by atoms with van der Waals surface area (Å²) in [5.74, 6) is 0.811. The Kier molecular flexibility index (Phi) is 3.12. The predicted molar refractivity (Wildman–Crippen MR) is 63.3 cm³/mol. The summed E-state index contributed by atoms with van der Waals surface area (Å²) in [6, 6.07) is 1.85. The number of aromatic nitrogens is 4. The molecule has 0 spiro atoms. The first-order valence-electron chi connectivity index (χ1n) is 5.71. The maximum Gasteiger partial charge on any atom is 0.312 e. The van der Waals surface area contributed by atoms with Gasteiger partial charge >= 0.3 is 6.01 Å². The van der Waals surface area contributed by atoms with Crippen LogP contribution in [0.2, 0.25) is 0 Å². The molecule has 2 rings (SSSR count). The summed E-state index contributed by atoms with van der Waals surface area (Å²) in [7, 11) is 0. The molecule has 2 aromatic heterocycles. The number of ether oxygens (including phenoxy) is 1. The monoisotopic (exact) mass is 236 g/mol. The quantitative estimate of drug-likeness (QED) is 0.860. The third-order valence-corrected chi connectivity index (χ3v) is 2.26. The first-order valence-corrected chi connectivity index (χ1v) is 5.71. The molecular weight excluding hydrogens is 220 g/mol. The number of hydrogen-bond acceptors (Lipinski definition) is 4. The molecule has 0 radical (unpaired) electrons. The van der Waals surface area contributed by atoms with Gasteiger partial charge in [-0.05, 0) is 19.3 Å². The lowest BCUT2D eigenvalue weighted by atomic mass is 10.1. The van der Waals surface area contributed by atoms with Gasteiger partial charge in [-0.2, -0.15) is 9.50 Å². The molecular formula is C11H16N4O2. The van der Waals surface area contributed by atoms with Crippen LogP contribution >= 0.6 is 0 Å². The number of aromatic amines is 1. The fourth-order valence-electron chi connectivity index (χ4n) is 1.63. The van der Waals surface area contributed by atoms with Crippen LogP contribution in [0.4, 0.5) is 0 Å². The van der Waals surface area contributed by atoms with E-state index in [1.807, 2.05) is 6.92 Å². The van der Waals surface area contributed by atoms with Crippen LogP contribution < -0.4 is 10.3 Å². The van der Waals surface area contributed by atoms with Crippen molar-refractivity contribution in [1.82, 2.24) is 19.6 Å². The number of H-pyrrole nitrogens is 1. The topological polar surface area (TPSA) is 72.3 Å². The lowest BCUT2D eigenvalue weighted by Gasteiger charge is -2.02. The highest BCUT2D eigenvalue weighted by Gasteiger charge is 2.09. The molecule has 2 heterocycles. The van der Waals surface area contributed by atoms with Gasteiger partial charge in [-0.3, -0.25) is 4.79 Å². The van der Waals surface area contributed by atoms with E-state index in [2.05, 4.69) is 28.9 Å². The van der Waals surface area contributed by atoms with Crippen LogP contribution in [0.3, 0.4) is 0 Å². The van der Waals surface area contributed by atoms with Crippen molar-refractivity contribution in [3.05, 3.63) is 22.1 Å². The Hall–Kier alpha value is -1.85. The van der Waals surface area contributed by atoms with Crippen LogP contribution in [-0.4, -0.2) is 26.2 Å². The van der Waals surface area contributed by atoms with E-state index in [1.165, 1.54) is 10.6 Å². The lowest BCUT2D eigenvalue weighted by Crippen LogP contribution is -2.16. The zero-order valence-electron chi connectivity index (χ0n) is 10.2. The number of rotatable bonds is 4. The SMILES string of the molecule is CCOc1nc2nc(CC(C)C)cc(=O)n2[nH]1. The largest absolute Gasteiger partial charge is 0.464 e. The van der Waals surface area contributed by atoms with Gasteiger partial charge in [-0.15, -0.1) is 0 Å². The highest BCUT2D eigenvalue weighted by atomic mass is 16.5. The van der Waals surface area contributed by atoms with Gasteiger partial charge in [0.2, 0.25) is 0 Å². The zero-order chi connectivity index (χ0) is 12.4. The molecule has 0 amide bonds. The van der Waals surface area contributed by atoms with Crippen LogP contribution in [0.25, 0.3) is 5.78 Å². The average molecular weight is 236 g/mol. The molecule has 0 aliphatic rings. The highest BCUT2D eigenvalue weighted by Crippen LogP contribution is 2.07. The van der Waals surface area contributed by atoms with Crippen molar-refractivity contribution in [3.63, 3.8) is 0 Å². The van der Waals surface area contributed by atoms with E-state index in [1.54, 1.807) is 0 Å². The molecule has 1 N–H and O–H groups in total. The van der Waals surface area contributed by atoms with Crippen LogP contribution in [0, 0.1) is 5.92 Å². The Morgan fingerprint density at radius 1 is 1.47 bits per heavy atom. The smallest absolute Gasteiger partial charge is 0.312 e. The summed E-state index contributed by atoms with van der Waals surface area (Å²) in [4.78, 5) is 20.2. The summed E-state index contributed by atoms with van der Waals surface area (Å²) in [6.45, 7) is 6.51. The molecule has 92 valence electrons. The summed E-state index contributed by atoms with van der Waals surface area (Å²) >= 11 is 0. The molecule has 0 aromatic carbocycles. The maximum absolute atomic E-state index is 11.8. The van der Waals surface area contributed by atoms with Crippen molar-refractivity contribution in [2.45, 2.75) is 27.2 Å². The molecule has 0 saturated heterocycles. The number of hydrogen-bond donors (Lipinski definition) is 1. The second-order valence-electron chi connectivity index (χ2n) is 4.28. The molecule has 0 saturated carbocycles. The molecule has 0 bridgehead atoms. The first-order chi connectivity index (χ1) is 8.10. The summed E-state index contributed by atoms with van der Waals surface area (Å²) in [5, 5.41) is 2.75. The highest BCUT2D eigenvalue weighted by molar-refractivity contribution is 5.29. The molecule has 0 atom stereocenters. The third-order valence-electron chi connectivity index (χ3n) is 2.26. The second-order valence-corrected chi connectivity index (χ2v) is 4.28. The fraction of sp³-hybridized carbons (Fsp3) is 0.545. The van der Waals surface area contributed by atoms with Gasteiger partial charge in [0.1, 0.15) is 0 Å². The zero-order valence-corrected chi connectivity index (χ0v) is 10.2. The van der Waals surface area contributed by atoms with E-state index in [0.717, 1.165) is 12.1 Å². The number of fused-ring (bicyclic) bond motifs is 1. The molecule has 0 aliphatic heterocycles. The van der Waals surface area contributed by atoms with Crippen molar-refractivity contribution in [2.24, 2.45) is 5.92 Å². The van der Waals surface area contributed by atoms with Gasteiger partial charge in [-0.1, -0.05) is 13.8 Å². The van der Waals surface area contributed by atoms with Gasteiger partial charge in [0, 0.05) is 6.07 Å². The van der Waals surface area contributed by atoms with Gasteiger partial charge < -0.3 is 4.74 Å². The van der Waals surface area contributed by atoms with Gasteiger partial charge in [0.15, 0.2) is 0 Å². The van der Waals surface area contributed by atoms with Crippen molar-refractivity contribution in [1.29, 1.82) is 0 Å². The van der Waals surface area contributed by atoms with Crippen LogP contribution in [0.15, 0.2) is 10.9 Å². The Balaban J connectivity index is 2.45. The van der Waals surface area contributed by atoms with Crippen molar-refractivity contribution < 1.29 is 4.74 Å². The first kappa shape index (κ1) is 11.6. The Bertz CT molecular complexity index is 570. The van der Waals surface area contributed by atoms with Crippen molar-refractivity contribution in [3.8, 4) is 6.01 Å². The minimum Gasteiger partial charge on any atom is -0.464 e. The Labute approximate surface area is 98.6 Å². The molecule has 17 heavy (non-hydrogen) atoms. The summed E-state index contributed by atoms with van der Waals surface area (Å²) in [6.07, 6.45) is 0.766. The van der Waals surface area contributed by atoms with Crippen LogP contribution in [-0.2, 0) is 6.42 Å².